The van der Waals surface area contributed by atoms with Crippen molar-refractivity contribution in [3.63, 3.8) is 0 Å². The Kier molecular flexibility index (Phi) is 5.97. The number of halogens is 1. The largest absolute Gasteiger partial charge is 0.478 e. The first-order valence-electron chi connectivity index (χ1n) is 5.71. The van der Waals surface area contributed by atoms with Crippen LogP contribution in [0.5, 0.6) is 0 Å². The number of carboxylic acid groups (broad SMARTS) is 1. The van der Waals surface area contributed by atoms with Crippen LogP contribution < -0.4 is 10.6 Å². The van der Waals surface area contributed by atoms with E-state index in [2.05, 4.69) is 10.6 Å². The number of hydrogen-bond acceptors (Lipinski definition) is 3. The Morgan fingerprint density at radius 2 is 2.10 bits per heavy atom. The fourth-order valence-corrected chi connectivity index (χ4v) is 1.94. The van der Waals surface area contributed by atoms with Gasteiger partial charge in [0.25, 0.3) is 0 Å². The molecule has 1 aromatic carbocycles. The molecule has 2 amide bonds. The second-order valence-corrected chi connectivity index (χ2v) is 6.32. The van der Waals surface area contributed by atoms with Crippen molar-refractivity contribution in [2.45, 2.75) is 12.2 Å². The van der Waals surface area contributed by atoms with E-state index in [-0.39, 0.29) is 28.1 Å². The summed E-state index contributed by atoms with van der Waals surface area (Å²) in [6.45, 7) is 1.95. The van der Waals surface area contributed by atoms with Gasteiger partial charge in [-0.25, -0.2) is 9.59 Å². The number of benzene rings is 1. The monoisotopic (exact) mass is 318 g/mol. The van der Waals surface area contributed by atoms with Gasteiger partial charge in [0.15, 0.2) is 0 Å². The van der Waals surface area contributed by atoms with Gasteiger partial charge < -0.3 is 15.7 Å². The highest BCUT2D eigenvalue weighted by atomic mass is 35.5. The Labute approximate surface area is 124 Å². The van der Waals surface area contributed by atoms with Crippen LogP contribution in [0.15, 0.2) is 18.2 Å². The third-order valence-electron chi connectivity index (χ3n) is 2.59. The molecule has 0 aromatic heterocycles. The fraction of sp³-hybridized carbons (Fsp3) is 0.333. The minimum Gasteiger partial charge on any atom is -0.478 e. The maximum Gasteiger partial charge on any atom is 0.339 e. The molecule has 20 heavy (non-hydrogen) atoms. The van der Waals surface area contributed by atoms with E-state index < -0.39 is 22.8 Å². The van der Waals surface area contributed by atoms with Crippen molar-refractivity contribution in [2.24, 2.45) is 0 Å². The van der Waals surface area contributed by atoms with E-state index in [4.69, 9.17) is 16.7 Å². The van der Waals surface area contributed by atoms with Crippen LogP contribution in [0.3, 0.4) is 0 Å². The predicted octanol–water partition coefficient (Wildman–Crippen LogP) is 1.93. The first kappa shape index (κ1) is 16.5. The summed E-state index contributed by atoms with van der Waals surface area (Å²) >= 11 is 5.78. The number of amides is 2. The molecule has 3 N–H and O–H groups in total. The van der Waals surface area contributed by atoms with Crippen LogP contribution in [-0.4, -0.2) is 39.4 Å². The number of aromatic carboxylic acids is 1. The molecule has 0 fully saturated rings. The van der Waals surface area contributed by atoms with Crippen LogP contribution in [0.1, 0.15) is 17.3 Å². The molecule has 1 rings (SSSR count). The number of anilines is 1. The average molecular weight is 319 g/mol. The summed E-state index contributed by atoms with van der Waals surface area (Å²) in [5.41, 5.74) is -0.0655. The van der Waals surface area contributed by atoms with Crippen LogP contribution in [0, 0.1) is 0 Å². The van der Waals surface area contributed by atoms with Crippen molar-refractivity contribution in [1.82, 2.24) is 5.32 Å². The van der Waals surface area contributed by atoms with Gasteiger partial charge in [0.2, 0.25) is 0 Å². The Hall–Kier alpha value is -1.60. The third kappa shape index (κ3) is 4.50. The van der Waals surface area contributed by atoms with E-state index in [0.717, 1.165) is 0 Å². The lowest BCUT2D eigenvalue weighted by Gasteiger charge is -2.13. The Morgan fingerprint density at radius 1 is 1.45 bits per heavy atom. The topological polar surface area (TPSA) is 95.5 Å². The molecule has 2 atom stereocenters. The third-order valence-corrected chi connectivity index (χ3v) is 4.21. The highest BCUT2D eigenvalue weighted by Crippen LogP contribution is 2.24. The molecule has 0 bridgehead atoms. The Morgan fingerprint density at radius 3 is 2.65 bits per heavy atom. The molecule has 2 unspecified atom stereocenters. The summed E-state index contributed by atoms with van der Waals surface area (Å²) in [6.07, 6.45) is 1.55. The zero-order valence-corrected chi connectivity index (χ0v) is 12.5. The van der Waals surface area contributed by atoms with Crippen LogP contribution in [0.4, 0.5) is 10.5 Å². The summed E-state index contributed by atoms with van der Waals surface area (Å²) in [4.78, 5) is 22.8. The van der Waals surface area contributed by atoms with Crippen LogP contribution >= 0.6 is 11.6 Å². The highest BCUT2D eigenvalue weighted by Gasteiger charge is 2.16. The van der Waals surface area contributed by atoms with Crippen LogP contribution in [0.2, 0.25) is 5.02 Å². The summed E-state index contributed by atoms with van der Waals surface area (Å²) in [5.74, 6) is -1.23. The van der Waals surface area contributed by atoms with E-state index in [1.54, 1.807) is 13.2 Å². The van der Waals surface area contributed by atoms with E-state index in [0.29, 0.717) is 0 Å². The van der Waals surface area contributed by atoms with Crippen molar-refractivity contribution >= 4 is 40.1 Å². The van der Waals surface area contributed by atoms with Gasteiger partial charge in [-0.15, -0.1) is 0 Å². The minimum absolute atomic E-state index is 0.0401. The molecular weight excluding hydrogens is 304 g/mol. The van der Waals surface area contributed by atoms with Crippen LogP contribution in [0.25, 0.3) is 0 Å². The van der Waals surface area contributed by atoms with Gasteiger partial charge in [0.1, 0.15) is 5.56 Å². The second-order valence-electron chi connectivity index (χ2n) is 4.11. The molecule has 0 spiro atoms. The lowest BCUT2D eigenvalue weighted by Crippen LogP contribution is -2.35. The molecule has 0 saturated carbocycles. The van der Waals surface area contributed by atoms with E-state index in [1.165, 1.54) is 18.2 Å². The van der Waals surface area contributed by atoms with Gasteiger partial charge in [-0.05, 0) is 19.1 Å². The predicted molar refractivity (Wildman–Crippen MR) is 79.0 cm³/mol. The van der Waals surface area contributed by atoms with Gasteiger partial charge in [-0.3, -0.25) is 4.21 Å². The highest BCUT2D eigenvalue weighted by molar-refractivity contribution is 7.84. The summed E-state index contributed by atoms with van der Waals surface area (Å²) in [5, 5.41) is 13.8. The number of urea groups is 1. The number of nitrogens with one attached hydrogen (secondary N) is 2. The number of rotatable bonds is 5. The number of carboxylic acids is 1. The quantitative estimate of drug-likeness (QED) is 0.773. The smallest absolute Gasteiger partial charge is 0.339 e. The molecular formula is C12H15ClN2O4S. The maximum absolute atomic E-state index is 11.7. The maximum atomic E-state index is 11.7. The molecule has 8 heteroatoms. The molecule has 0 aliphatic carbocycles. The summed E-state index contributed by atoms with van der Waals surface area (Å²) in [6, 6.07) is 3.83. The molecule has 0 radical (unpaired) electrons. The standard InChI is InChI=1S/C12H15ClN2O4S/c1-7(20(2)19)6-14-12(18)15-9-5-3-4-8(13)10(9)11(16)17/h3-5,7H,6H2,1-2H3,(H,16,17)(H2,14,15,18). The lowest BCUT2D eigenvalue weighted by atomic mass is 10.2. The van der Waals surface area contributed by atoms with Crippen molar-refractivity contribution in [2.75, 3.05) is 18.1 Å². The first-order valence-corrected chi connectivity index (χ1v) is 7.71. The molecule has 110 valence electrons. The zero-order valence-electron chi connectivity index (χ0n) is 11.0. The number of hydrogen-bond donors (Lipinski definition) is 3. The molecule has 6 nitrogen and oxygen atoms in total. The molecule has 0 aliphatic rings. The average Bonchev–Trinajstić information content (AvgIpc) is 2.35. The van der Waals surface area contributed by atoms with Gasteiger partial charge in [0, 0.05) is 28.9 Å². The number of carbonyl (C=O) groups excluding carboxylic acids is 1. The second kappa shape index (κ2) is 7.25. The molecule has 1 aromatic rings. The summed E-state index contributed by atoms with van der Waals surface area (Å²) in [7, 11) is -1.05. The van der Waals surface area contributed by atoms with Crippen LogP contribution in [-0.2, 0) is 10.8 Å². The van der Waals surface area contributed by atoms with Crippen molar-refractivity contribution in [3.05, 3.63) is 28.8 Å². The summed E-state index contributed by atoms with van der Waals surface area (Å²) < 4.78 is 11.1. The van der Waals surface area contributed by atoms with E-state index in [9.17, 15) is 13.8 Å². The molecule has 0 heterocycles. The minimum atomic E-state index is -1.23. The van der Waals surface area contributed by atoms with Crippen molar-refractivity contribution in [1.29, 1.82) is 0 Å². The number of carbonyl (C=O) groups is 2. The van der Waals surface area contributed by atoms with E-state index in [1.807, 2.05) is 0 Å². The van der Waals surface area contributed by atoms with Crippen molar-refractivity contribution < 1.29 is 18.9 Å². The Bertz CT molecular complexity index is 550. The lowest BCUT2D eigenvalue weighted by molar-refractivity contribution is 0.0698. The van der Waals surface area contributed by atoms with E-state index >= 15 is 0 Å². The SMILES string of the molecule is CC(CNC(=O)Nc1cccc(Cl)c1C(=O)O)S(C)=O. The molecule has 0 saturated heterocycles. The van der Waals surface area contributed by atoms with Gasteiger partial charge >= 0.3 is 12.0 Å². The van der Waals surface area contributed by atoms with Gasteiger partial charge in [-0.1, -0.05) is 17.7 Å². The molecule has 0 aliphatic heterocycles. The van der Waals surface area contributed by atoms with Gasteiger partial charge in [-0.2, -0.15) is 0 Å². The first-order chi connectivity index (χ1) is 9.32. The fourth-order valence-electron chi connectivity index (χ4n) is 1.37. The van der Waals surface area contributed by atoms with Gasteiger partial charge in [0.05, 0.1) is 10.7 Å². The normalized spacial score (nSPS) is 13.3. The zero-order chi connectivity index (χ0) is 15.3. The Balaban J connectivity index is 2.74. The van der Waals surface area contributed by atoms with Crippen molar-refractivity contribution in [3.8, 4) is 0 Å².